The van der Waals surface area contributed by atoms with Crippen LogP contribution in [0.4, 0.5) is 5.69 Å². The summed E-state index contributed by atoms with van der Waals surface area (Å²) in [5, 5.41) is 3.64. The number of nitrogens with one attached hydrogen (secondary N) is 1. The van der Waals surface area contributed by atoms with Crippen molar-refractivity contribution < 1.29 is 14.3 Å². The van der Waals surface area contributed by atoms with E-state index < -0.39 is 5.91 Å². The minimum atomic E-state index is -0.407. The van der Waals surface area contributed by atoms with E-state index in [1.54, 1.807) is 13.2 Å². The molecule has 2 atom stereocenters. The lowest BCUT2D eigenvalue weighted by Crippen LogP contribution is -2.46. The summed E-state index contributed by atoms with van der Waals surface area (Å²) in [7, 11) is 1.66. The molecule has 0 radical (unpaired) electrons. The van der Waals surface area contributed by atoms with Gasteiger partial charge in [-0.2, -0.15) is 0 Å². The molecule has 0 aliphatic carbocycles. The number of para-hydroxylation sites is 1. The van der Waals surface area contributed by atoms with Gasteiger partial charge >= 0.3 is 0 Å². The number of amides is 1. The van der Waals surface area contributed by atoms with Crippen molar-refractivity contribution in [3.63, 3.8) is 0 Å². The molecular formula is C20H22N2O3. The van der Waals surface area contributed by atoms with Crippen molar-refractivity contribution >= 4 is 11.6 Å². The smallest absolute Gasteiger partial charge is 0.248 e. The van der Waals surface area contributed by atoms with E-state index in [2.05, 4.69) is 25.2 Å². The Kier molecular flexibility index (Phi) is 3.42. The van der Waals surface area contributed by atoms with Crippen molar-refractivity contribution in [2.45, 2.75) is 25.3 Å². The molecule has 3 N–H and O–H groups in total. The molecule has 2 aromatic carbocycles. The maximum absolute atomic E-state index is 11.6. The number of hydrogen-bond donors (Lipinski definition) is 2. The predicted molar refractivity (Wildman–Crippen MR) is 96.3 cm³/mol. The molecule has 25 heavy (non-hydrogen) atoms. The van der Waals surface area contributed by atoms with E-state index in [4.69, 9.17) is 15.2 Å². The fraction of sp³-hybridized carbons (Fsp3) is 0.350. The second-order valence-electron chi connectivity index (χ2n) is 7.26. The average Bonchev–Trinajstić information content (AvgIpc) is 2.60. The van der Waals surface area contributed by atoms with Gasteiger partial charge in [-0.25, -0.2) is 0 Å². The molecule has 2 heterocycles. The van der Waals surface area contributed by atoms with Gasteiger partial charge in [0.15, 0.2) is 11.5 Å². The number of primary amides is 1. The van der Waals surface area contributed by atoms with Gasteiger partial charge < -0.3 is 20.5 Å². The summed E-state index contributed by atoms with van der Waals surface area (Å²) in [5.74, 6) is 1.38. The topological polar surface area (TPSA) is 73.6 Å². The molecule has 5 nitrogen and oxygen atoms in total. The summed E-state index contributed by atoms with van der Waals surface area (Å²) in [6, 6.07) is 11.7. The Labute approximate surface area is 147 Å². The summed E-state index contributed by atoms with van der Waals surface area (Å²) in [4.78, 5) is 11.6. The Bertz CT molecular complexity index is 860. The third kappa shape index (κ3) is 2.26. The molecule has 0 spiro atoms. The number of methoxy groups -OCH3 is 1. The van der Waals surface area contributed by atoms with Crippen LogP contribution in [0.25, 0.3) is 0 Å². The van der Waals surface area contributed by atoms with Crippen LogP contribution in [0.1, 0.15) is 41.4 Å². The van der Waals surface area contributed by atoms with Crippen LogP contribution in [0.15, 0.2) is 36.4 Å². The fourth-order valence-corrected chi connectivity index (χ4v) is 4.11. The first-order valence-corrected chi connectivity index (χ1v) is 8.44. The van der Waals surface area contributed by atoms with Gasteiger partial charge in [-0.05, 0) is 29.8 Å². The van der Waals surface area contributed by atoms with Crippen molar-refractivity contribution in [3.05, 3.63) is 53.1 Å². The molecule has 130 valence electrons. The zero-order valence-electron chi connectivity index (χ0n) is 14.6. The van der Waals surface area contributed by atoms with Crippen molar-refractivity contribution in [1.29, 1.82) is 0 Å². The second-order valence-corrected chi connectivity index (χ2v) is 7.26. The van der Waals surface area contributed by atoms with Crippen molar-refractivity contribution in [2.24, 2.45) is 11.7 Å². The first kappa shape index (κ1) is 15.8. The summed E-state index contributed by atoms with van der Waals surface area (Å²) in [5.41, 5.74) is 9.06. The van der Waals surface area contributed by atoms with Gasteiger partial charge in [0.2, 0.25) is 5.91 Å². The number of anilines is 1. The predicted octanol–water partition coefficient (Wildman–Crippen LogP) is 3.25. The molecule has 0 aromatic heterocycles. The third-order valence-electron chi connectivity index (χ3n) is 5.61. The van der Waals surface area contributed by atoms with Gasteiger partial charge in [0.25, 0.3) is 0 Å². The van der Waals surface area contributed by atoms with E-state index in [-0.39, 0.29) is 17.4 Å². The van der Waals surface area contributed by atoms with Crippen molar-refractivity contribution in [2.75, 3.05) is 19.0 Å². The molecule has 1 amide bonds. The highest BCUT2D eigenvalue weighted by atomic mass is 16.5. The lowest BCUT2D eigenvalue weighted by Gasteiger charge is -2.48. The van der Waals surface area contributed by atoms with E-state index in [9.17, 15) is 4.79 Å². The largest absolute Gasteiger partial charge is 0.493 e. The van der Waals surface area contributed by atoms with E-state index >= 15 is 0 Å². The zero-order chi connectivity index (χ0) is 17.8. The Morgan fingerprint density at radius 1 is 1.32 bits per heavy atom. The van der Waals surface area contributed by atoms with Gasteiger partial charge in [0, 0.05) is 28.1 Å². The number of hydrogen-bond acceptors (Lipinski definition) is 4. The number of ether oxygens (including phenoxy) is 2. The Morgan fingerprint density at radius 3 is 2.84 bits per heavy atom. The van der Waals surface area contributed by atoms with Crippen LogP contribution < -0.4 is 20.5 Å². The Balaban J connectivity index is 1.84. The van der Waals surface area contributed by atoms with Crippen LogP contribution in [0.5, 0.6) is 11.5 Å². The summed E-state index contributed by atoms with van der Waals surface area (Å²) in [6.07, 6.45) is 0. The molecule has 4 rings (SSSR count). The number of carbonyl (C=O) groups excluding carboxylic acids is 1. The van der Waals surface area contributed by atoms with E-state index in [0.29, 0.717) is 12.2 Å². The Hall–Kier alpha value is -2.69. The number of fused-ring (bicyclic) bond motifs is 4. The minimum absolute atomic E-state index is 0.126. The first-order valence-electron chi connectivity index (χ1n) is 8.44. The van der Waals surface area contributed by atoms with E-state index in [1.165, 1.54) is 0 Å². The molecule has 0 bridgehead atoms. The van der Waals surface area contributed by atoms with Crippen molar-refractivity contribution in [3.8, 4) is 11.5 Å². The minimum Gasteiger partial charge on any atom is -0.493 e. The molecule has 0 saturated heterocycles. The summed E-state index contributed by atoms with van der Waals surface area (Å²) >= 11 is 0. The molecular weight excluding hydrogens is 316 g/mol. The van der Waals surface area contributed by atoms with Crippen LogP contribution in [0, 0.1) is 5.92 Å². The highest BCUT2D eigenvalue weighted by molar-refractivity contribution is 5.93. The van der Waals surface area contributed by atoms with E-state index in [0.717, 1.165) is 28.3 Å². The van der Waals surface area contributed by atoms with Gasteiger partial charge in [-0.1, -0.05) is 26.0 Å². The average molecular weight is 338 g/mol. The number of benzene rings is 2. The number of nitrogens with two attached hydrogens (primary N) is 1. The van der Waals surface area contributed by atoms with Gasteiger partial charge in [0.05, 0.1) is 19.8 Å². The van der Waals surface area contributed by atoms with Crippen molar-refractivity contribution in [1.82, 2.24) is 0 Å². The van der Waals surface area contributed by atoms with Gasteiger partial charge in [0.1, 0.15) is 0 Å². The summed E-state index contributed by atoms with van der Waals surface area (Å²) < 4.78 is 11.5. The monoisotopic (exact) mass is 338 g/mol. The van der Waals surface area contributed by atoms with Crippen LogP contribution >= 0.6 is 0 Å². The molecule has 5 heteroatoms. The second kappa shape index (κ2) is 5.41. The van der Waals surface area contributed by atoms with Crippen LogP contribution in [-0.4, -0.2) is 19.6 Å². The van der Waals surface area contributed by atoms with Gasteiger partial charge in [-0.15, -0.1) is 0 Å². The van der Waals surface area contributed by atoms with Crippen LogP contribution in [-0.2, 0) is 5.41 Å². The lowest BCUT2D eigenvalue weighted by atomic mass is 9.65. The fourth-order valence-electron chi connectivity index (χ4n) is 4.11. The maximum atomic E-state index is 11.6. The van der Waals surface area contributed by atoms with Gasteiger partial charge in [-0.3, -0.25) is 4.79 Å². The first-order chi connectivity index (χ1) is 11.9. The molecule has 0 fully saturated rings. The standard InChI is InChI=1S/C20H22N2O3/c1-20(2)13-9-11(19(21)23)7-8-15(13)22-17-12-5-4-6-16(24-3)18(12)25-10-14(17)20/h4-9,14,17,22H,10H2,1-3H3,(H2,21,23). The normalized spacial score (nSPS) is 22.5. The SMILES string of the molecule is COc1cccc2c1OCC1C2Nc2ccc(C(N)=O)cc2C1(C)C. The third-order valence-corrected chi connectivity index (χ3v) is 5.61. The molecule has 2 aliphatic rings. The Morgan fingerprint density at radius 2 is 2.12 bits per heavy atom. The lowest BCUT2D eigenvalue weighted by molar-refractivity contribution is 0.0999. The number of carbonyl (C=O) groups is 1. The molecule has 0 saturated carbocycles. The summed E-state index contributed by atoms with van der Waals surface area (Å²) in [6.45, 7) is 4.98. The maximum Gasteiger partial charge on any atom is 0.248 e. The highest BCUT2D eigenvalue weighted by Gasteiger charge is 2.47. The quantitative estimate of drug-likeness (QED) is 0.881. The van der Waals surface area contributed by atoms with Crippen LogP contribution in [0.3, 0.4) is 0 Å². The highest BCUT2D eigenvalue weighted by Crippen LogP contribution is 2.53. The number of rotatable bonds is 2. The molecule has 2 unspecified atom stereocenters. The van der Waals surface area contributed by atoms with Crippen LogP contribution in [0.2, 0.25) is 0 Å². The molecule has 2 aromatic rings. The van der Waals surface area contributed by atoms with E-state index in [1.807, 2.05) is 24.3 Å². The zero-order valence-corrected chi connectivity index (χ0v) is 14.6. The molecule has 2 aliphatic heterocycles.